The summed E-state index contributed by atoms with van der Waals surface area (Å²) < 4.78 is 0. The number of aromatic nitrogens is 1. The molecule has 0 aliphatic carbocycles. The van der Waals surface area contributed by atoms with Gasteiger partial charge in [-0.25, -0.2) is 0 Å². The SMILES string of the molecule is CSCCC(C)NCCc1ccccn1. The van der Waals surface area contributed by atoms with Crippen molar-refractivity contribution in [3.63, 3.8) is 0 Å². The lowest BCUT2D eigenvalue weighted by Crippen LogP contribution is -2.28. The van der Waals surface area contributed by atoms with Crippen LogP contribution >= 0.6 is 11.8 Å². The van der Waals surface area contributed by atoms with Crippen molar-refractivity contribution in [3.05, 3.63) is 30.1 Å². The normalized spacial score (nSPS) is 12.7. The molecule has 1 rings (SSSR count). The Kier molecular flexibility index (Phi) is 6.44. The lowest BCUT2D eigenvalue weighted by molar-refractivity contribution is 0.538. The Labute approximate surface area is 96.9 Å². The molecule has 0 aromatic carbocycles. The number of hydrogen-bond acceptors (Lipinski definition) is 3. The van der Waals surface area contributed by atoms with Crippen molar-refractivity contribution in [3.8, 4) is 0 Å². The average Bonchev–Trinajstić information content (AvgIpc) is 2.28. The summed E-state index contributed by atoms with van der Waals surface area (Å²) in [4.78, 5) is 4.29. The van der Waals surface area contributed by atoms with Crippen LogP contribution in [0.5, 0.6) is 0 Å². The van der Waals surface area contributed by atoms with Gasteiger partial charge in [0.15, 0.2) is 0 Å². The molecule has 84 valence electrons. The number of nitrogens with one attached hydrogen (secondary N) is 1. The van der Waals surface area contributed by atoms with Crippen LogP contribution in [0.1, 0.15) is 19.0 Å². The van der Waals surface area contributed by atoms with E-state index in [2.05, 4.69) is 29.5 Å². The van der Waals surface area contributed by atoms with E-state index in [1.54, 1.807) is 0 Å². The van der Waals surface area contributed by atoms with Gasteiger partial charge in [0.2, 0.25) is 0 Å². The second-order valence-corrected chi connectivity index (χ2v) is 4.69. The highest BCUT2D eigenvalue weighted by Crippen LogP contribution is 2.00. The van der Waals surface area contributed by atoms with Crippen LogP contribution in [-0.4, -0.2) is 29.6 Å². The summed E-state index contributed by atoms with van der Waals surface area (Å²) in [6.45, 7) is 3.27. The molecule has 0 spiro atoms. The largest absolute Gasteiger partial charge is 0.314 e. The van der Waals surface area contributed by atoms with Gasteiger partial charge >= 0.3 is 0 Å². The van der Waals surface area contributed by atoms with E-state index in [0.717, 1.165) is 13.0 Å². The molecule has 0 saturated carbocycles. The Morgan fingerprint density at radius 3 is 3.00 bits per heavy atom. The highest BCUT2D eigenvalue weighted by molar-refractivity contribution is 7.98. The minimum Gasteiger partial charge on any atom is -0.314 e. The van der Waals surface area contributed by atoms with Crippen LogP contribution in [0.25, 0.3) is 0 Å². The third kappa shape index (κ3) is 5.80. The molecule has 15 heavy (non-hydrogen) atoms. The van der Waals surface area contributed by atoms with Crippen LogP contribution in [0.3, 0.4) is 0 Å². The molecule has 0 aliphatic rings. The van der Waals surface area contributed by atoms with E-state index < -0.39 is 0 Å². The molecule has 1 aromatic rings. The Bertz CT molecular complexity index is 251. The molecule has 0 aliphatic heterocycles. The summed E-state index contributed by atoms with van der Waals surface area (Å²) in [7, 11) is 0. The molecule has 1 unspecified atom stereocenters. The van der Waals surface area contributed by atoms with Crippen molar-refractivity contribution in [2.24, 2.45) is 0 Å². The summed E-state index contributed by atoms with van der Waals surface area (Å²) in [5.41, 5.74) is 1.17. The first kappa shape index (κ1) is 12.5. The summed E-state index contributed by atoms with van der Waals surface area (Å²) in [5.74, 6) is 1.23. The van der Waals surface area contributed by atoms with Crippen molar-refractivity contribution < 1.29 is 0 Å². The Morgan fingerprint density at radius 1 is 1.47 bits per heavy atom. The Hall–Kier alpha value is -0.540. The fraction of sp³-hybridized carbons (Fsp3) is 0.583. The van der Waals surface area contributed by atoms with Crippen molar-refractivity contribution >= 4 is 11.8 Å². The zero-order valence-corrected chi connectivity index (χ0v) is 10.4. The number of nitrogens with zero attached hydrogens (tertiary/aromatic N) is 1. The van der Waals surface area contributed by atoms with Crippen molar-refractivity contribution in [2.45, 2.75) is 25.8 Å². The maximum Gasteiger partial charge on any atom is 0.0416 e. The van der Waals surface area contributed by atoms with E-state index in [1.165, 1.54) is 17.9 Å². The number of pyridine rings is 1. The second-order valence-electron chi connectivity index (χ2n) is 3.71. The van der Waals surface area contributed by atoms with Gasteiger partial charge in [-0.2, -0.15) is 11.8 Å². The molecular weight excluding hydrogens is 204 g/mol. The van der Waals surface area contributed by atoms with E-state index >= 15 is 0 Å². The van der Waals surface area contributed by atoms with Crippen LogP contribution in [0.4, 0.5) is 0 Å². The highest BCUT2D eigenvalue weighted by Gasteiger charge is 2.00. The van der Waals surface area contributed by atoms with Crippen LogP contribution in [0, 0.1) is 0 Å². The zero-order chi connectivity index (χ0) is 10.9. The minimum atomic E-state index is 0.612. The van der Waals surface area contributed by atoms with Gasteiger partial charge in [-0.05, 0) is 37.5 Å². The van der Waals surface area contributed by atoms with E-state index in [1.807, 2.05) is 30.1 Å². The molecule has 3 heteroatoms. The minimum absolute atomic E-state index is 0.612. The van der Waals surface area contributed by atoms with Gasteiger partial charge < -0.3 is 5.32 Å². The lowest BCUT2D eigenvalue weighted by Gasteiger charge is -2.12. The number of thioether (sulfide) groups is 1. The fourth-order valence-electron chi connectivity index (χ4n) is 1.39. The van der Waals surface area contributed by atoms with Gasteiger partial charge in [0.05, 0.1) is 0 Å². The molecule has 2 nitrogen and oxygen atoms in total. The first-order valence-electron chi connectivity index (χ1n) is 5.45. The van der Waals surface area contributed by atoms with Crippen LogP contribution in [0.15, 0.2) is 24.4 Å². The number of rotatable bonds is 7. The summed E-state index contributed by atoms with van der Waals surface area (Å²) >= 11 is 1.91. The first-order chi connectivity index (χ1) is 7.33. The molecule has 0 bridgehead atoms. The van der Waals surface area contributed by atoms with Gasteiger partial charge in [0, 0.05) is 30.9 Å². The summed E-state index contributed by atoms with van der Waals surface area (Å²) in [5, 5.41) is 3.51. The van der Waals surface area contributed by atoms with Gasteiger partial charge in [0.1, 0.15) is 0 Å². The first-order valence-corrected chi connectivity index (χ1v) is 6.84. The van der Waals surface area contributed by atoms with Crippen LogP contribution in [0.2, 0.25) is 0 Å². The third-order valence-electron chi connectivity index (χ3n) is 2.36. The summed E-state index contributed by atoms with van der Waals surface area (Å²) in [6.07, 6.45) is 6.26. The molecule has 0 radical (unpaired) electrons. The maximum atomic E-state index is 4.29. The van der Waals surface area contributed by atoms with Gasteiger partial charge in [-0.15, -0.1) is 0 Å². The number of hydrogen-bond donors (Lipinski definition) is 1. The predicted octanol–water partition coefficient (Wildman–Crippen LogP) is 2.36. The van der Waals surface area contributed by atoms with Gasteiger partial charge in [0.25, 0.3) is 0 Å². The molecule has 0 amide bonds. The lowest BCUT2D eigenvalue weighted by atomic mass is 10.2. The predicted molar refractivity (Wildman–Crippen MR) is 68.4 cm³/mol. The molecule has 1 heterocycles. The van der Waals surface area contributed by atoms with Crippen LogP contribution in [-0.2, 0) is 6.42 Å². The smallest absolute Gasteiger partial charge is 0.0416 e. The monoisotopic (exact) mass is 224 g/mol. The fourth-order valence-corrected chi connectivity index (χ4v) is 1.98. The zero-order valence-electron chi connectivity index (χ0n) is 9.57. The topological polar surface area (TPSA) is 24.9 Å². The van der Waals surface area contributed by atoms with Gasteiger partial charge in [-0.3, -0.25) is 4.98 Å². The Balaban J connectivity index is 2.11. The third-order valence-corrected chi connectivity index (χ3v) is 3.00. The van der Waals surface area contributed by atoms with Crippen molar-refractivity contribution in [2.75, 3.05) is 18.6 Å². The second kappa shape index (κ2) is 7.71. The molecule has 1 atom stereocenters. The maximum absolute atomic E-state index is 4.29. The van der Waals surface area contributed by atoms with Crippen molar-refractivity contribution in [1.82, 2.24) is 10.3 Å². The van der Waals surface area contributed by atoms with E-state index in [0.29, 0.717) is 6.04 Å². The molecular formula is C12H20N2S. The molecule has 1 aromatic heterocycles. The highest BCUT2D eigenvalue weighted by atomic mass is 32.2. The van der Waals surface area contributed by atoms with E-state index in [-0.39, 0.29) is 0 Å². The Morgan fingerprint density at radius 2 is 2.33 bits per heavy atom. The molecule has 0 fully saturated rings. The molecule has 1 N–H and O–H groups in total. The standard InChI is InChI=1S/C12H20N2S/c1-11(7-10-15-2)13-9-6-12-5-3-4-8-14-12/h3-5,8,11,13H,6-7,9-10H2,1-2H3. The van der Waals surface area contributed by atoms with E-state index in [4.69, 9.17) is 0 Å². The molecule has 0 saturated heterocycles. The average molecular weight is 224 g/mol. The van der Waals surface area contributed by atoms with Gasteiger partial charge in [-0.1, -0.05) is 6.07 Å². The summed E-state index contributed by atoms with van der Waals surface area (Å²) in [6, 6.07) is 6.69. The van der Waals surface area contributed by atoms with Crippen LogP contribution < -0.4 is 5.32 Å². The van der Waals surface area contributed by atoms with E-state index in [9.17, 15) is 0 Å². The quantitative estimate of drug-likeness (QED) is 0.769. The van der Waals surface area contributed by atoms with Crippen molar-refractivity contribution in [1.29, 1.82) is 0 Å².